The fourth-order valence-electron chi connectivity index (χ4n) is 2.49. The number of unbranched alkanes of at least 4 members (excludes halogenated alkanes) is 1. The molecule has 0 N–H and O–H groups in total. The monoisotopic (exact) mass is 259 g/mol. The number of ketones is 1. The Labute approximate surface area is 108 Å². The summed E-state index contributed by atoms with van der Waals surface area (Å²) in [5, 5.41) is 0. The molecule has 0 unspecified atom stereocenters. The van der Waals surface area contributed by atoms with E-state index in [-0.39, 0.29) is 30.4 Å². The van der Waals surface area contributed by atoms with Crippen molar-refractivity contribution in [1.29, 1.82) is 0 Å². The second-order valence-corrected chi connectivity index (χ2v) is 5.85. The van der Waals surface area contributed by atoms with Crippen LogP contribution in [0.25, 0.3) is 0 Å². The highest BCUT2D eigenvalue weighted by Crippen LogP contribution is 2.33. The number of Topliss-reactive ketones (excluding diaryl/α,β-unsaturated/α-hetero) is 1. The average Bonchev–Trinajstić information content (AvgIpc) is 2.67. The normalized spacial score (nSPS) is 21.4. The zero-order valence-electron chi connectivity index (χ0n) is 11.7. The van der Waals surface area contributed by atoms with Gasteiger partial charge in [-0.15, -0.1) is 0 Å². The van der Waals surface area contributed by atoms with Crippen LogP contribution in [0.15, 0.2) is 11.7 Å². The first kappa shape index (κ1) is 15.3. The summed E-state index contributed by atoms with van der Waals surface area (Å²) in [5.41, 5.74) is -0.306. The number of nitrogens with zero attached hydrogens (tertiary/aromatic N) is 1. The van der Waals surface area contributed by atoms with Crippen LogP contribution in [0, 0.1) is 5.41 Å². The van der Waals surface area contributed by atoms with Crippen LogP contribution < -0.4 is 0 Å². The Morgan fingerprint density at radius 3 is 2.50 bits per heavy atom. The lowest BCUT2D eigenvalue weighted by molar-refractivity contribution is -0.131. The SMILES string of the molecule is CCCCC(C)(C)C(=O)[C@@H]1CC(=C(F)F)CN1C. The molecule has 1 aliphatic heterocycles. The van der Waals surface area contributed by atoms with Crippen LogP contribution in [-0.2, 0) is 4.79 Å². The van der Waals surface area contributed by atoms with Crippen molar-refractivity contribution in [1.82, 2.24) is 4.90 Å². The van der Waals surface area contributed by atoms with Gasteiger partial charge in [-0.1, -0.05) is 33.6 Å². The van der Waals surface area contributed by atoms with Gasteiger partial charge >= 0.3 is 0 Å². The Hall–Kier alpha value is -0.770. The van der Waals surface area contributed by atoms with E-state index in [0.717, 1.165) is 19.3 Å². The molecule has 1 aliphatic rings. The molecule has 18 heavy (non-hydrogen) atoms. The predicted molar refractivity (Wildman–Crippen MR) is 68.6 cm³/mol. The number of likely N-dealkylation sites (tertiary alicyclic amines) is 1. The van der Waals surface area contributed by atoms with Crippen molar-refractivity contribution >= 4 is 5.78 Å². The molecule has 0 saturated carbocycles. The van der Waals surface area contributed by atoms with E-state index in [1.807, 2.05) is 13.8 Å². The first-order chi connectivity index (χ1) is 8.29. The zero-order chi connectivity index (χ0) is 13.9. The van der Waals surface area contributed by atoms with Gasteiger partial charge in [0.2, 0.25) is 0 Å². The van der Waals surface area contributed by atoms with Gasteiger partial charge in [0.1, 0.15) is 0 Å². The molecule has 4 heteroatoms. The van der Waals surface area contributed by atoms with Gasteiger partial charge in [0, 0.05) is 17.5 Å². The lowest BCUT2D eigenvalue weighted by atomic mass is 9.79. The molecule has 2 nitrogen and oxygen atoms in total. The predicted octanol–water partition coefficient (Wildman–Crippen LogP) is 3.63. The standard InChI is InChI=1S/C14H23F2NO/c1-5-6-7-14(2,3)12(18)11-8-10(13(15)16)9-17(11)4/h11H,5-9H2,1-4H3/t11-/m0/s1. The van der Waals surface area contributed by atoms with Crippen molar-refractivity contribution in [3.63, 3.8) is 0 Å². The van der Waals surface area contributed by atoms with Gasteiger partial charge in [-0.05, 0) is 19.9 Å². The minimum atomic E-state index is -1.62. The number of halogens is 2. The van der Waals surface area contributed by atoms with E-state index in [1.165, 1.54) is 0 Å². The molecule has 1 rings (SSSR count). The highest BCUT2D eigenvalue weighted by molar-refractivity contribution is 5.89. The summed E-state index contributed by atoms with van der Waals surface area (Å²) >= 11 is 0. The number of rotatable bonds is 5. The average molecular weight is 259 g/mol. The van der Waals surface area contributed by atoms with Crippen molar-refractivity contribution in [2.75, 3.05) is 13.6 Å². The van der Waals surface area contributed by atoms with Gasteiger partial charge in [0.25, 0.3) is 6.08 Å². The third-order valence-corrected chi connectivity index (χ3v) is 3.80. The summed E-state index contributed by atoms with van der Waals surface area (Å²) < 4.78 is 25.2. The van der Waals surface area contributed by atoms with Gasteiger partial charge in [-0.2, -0.15) is 8.78 Å². The van der Waals surface area contributed by atoms with Crippen molar-refractivity contribution in [2.24, 2.45) is 5.41 Å². The van der Waals surface area contributed by atoms with Gasteiger partial charge < -0.3 is 0 Å². The Morgan fingerprint density at radius 2 is 2.06 bits per heavy atom. The second kappa shape index (κ2) is 5.91. The number of carbonyl (C=O) groups is 1. The molecule has 0 amide bonds. The van der Waals surface area contributed by atoms with E-state index < -0.39 is 11.5 Å². The smallest absolute Gasteiger partial charge is 0.270 e. The second-order valence-electron chi connectivity index (χ2n) is 5.85. The third kappa shape index (κ3) is 3.37. The van der Waals surface area contributed by atoms with Gasteiger partial charge in [-0.25, -0.2) is 0 Å². The summed E-state index contributed by atoms with van der Waals surface area (Å²) in [4.78, 5) is 14.2. The lowest BCUT2D eigenvalue weighted by Gasteiger charge is -2.29. The molecule has 104 valence electrons. The quantitative estimate of drug-likeness (QED) is 0.751. The Kier molecular flexibility index (Phi) is 5.02. The summed E-state index contributed by atoms with van der Waals surface area (Å²) in [6, 6.07) is -0.381. The molecule has 0 aromatic carbocycles. The van der Waals surface area contributed by atoms with E-state index in [0.29, 0.717) is 0 Å². The summed E-state index contributed by atoms with van der Waals surface area (Å²) in [5.74, 6) is 0.0923. The molecule has 0 spiro atoms. The first-order valence-corrected chi connectivity index (χ1v) is 6.57. The van der Waals surface area contributed by atoms with Crippen LogP contribution >= 0.6 is 0 Å². The third-order valence-electron chi connectivity index (χ3n) is 3.80. The fourth-order valence-corrected chi connectivity index (χ4v) is 2.49. The molecule has 0 radical (unpaired) electrons. The number of carbonyl (C=O) groups excluding carboxylic acids is 1. The van der Waals surface area contributed by atoms with Gasteiger partial charge in [0.05, 0.1) is 6.04 Å². The van der Waals surface area contributed by atoms with Crippen LogP contribution in [0.1, 0.15) is 46.5 Å². The largest absolute Gasteiger partial charge is 0.297 e. The number of hydrogen-bond acceptors (Lipinski definition) is 2. The Morgan fingerprint density at radius 1 is 1.44 bits per heavy atom. The summed E-state index contributed by atoms with van der Waals surface area (Å²) in [6.45, 7) is 6.14. The van der Waals surface area contributed by atoms with E-state index in [9.17, 15) is 13.6 Å². The zero-order valence-corrected chi connectivity index (χ0v) is 11.7. The topological polar surface area (TPSA) is 20.3 Å². The molecule has 0 aromatic rings. The summed E-state index contributed by atoms with van der Waals surface area (Å²) in [6.07, 6.45) is 1.43. The Bertz CT molecular complexity index is 346. The van der Waals surface area contributed by atoms with Crippen LogP contribution in [0.3, 0.4) is 0 Å². The van der Waals surface area contributed by atoms with E-state index in [4.69, 9.17) is 0 Å². The molecule has 1 heterocycles. The molecule has 0 aromatic heterocycles. The van der Waals surface area contributed by atoms with Crippen LogP contribution in [0.2, 0.25) is 0 Å². The van der Waals surface area contributed by atoms with Gasteiger partial charge in [0.15, 0.2) is 5.78 Å². The van der Waals surface area contributed by atoms with Crippen molar-refractivity contribution < 1.29 is 13.6 Å². The van der Waals surface area contributed by atoms with E-state index in [2.05, 4.69) is 6.92 Å². The summed E-state index contributed by atoms with van der Waals surface area (Å²) in [7, 11) is 1.74. The molecular weight excluding hydrogens is 236 g/mol. The van der Waals surface area contributed by atoms with Crippen molar-refractivity contribution in [3.05, 3.63) is 11.7 Å². The van der Waals surface area contributed by atoms with Crippen LogP contribution in [0.5, 0.6) is 0 Å². The molecule has 1 atom stereocenters. The van der Waals surface area contributed by atoms with E-state index in [1.54, 1.807) is 11.9 Å². The highest BCUT2D eigenvalue weighted by Gasteiger charge is 2.39. The minimum Gasteiger partial charge on any atom is -0.297 e. The maximum atomic E-state index is 12.6. The lowest BCUT2D eigenvalue weighted by Crippen LogP contribution is -2.41. The molecule has 0 bridgehead atoms. The molecule has 0 aliphatic carbocycles. The van der Waals surface area contributed by atoms with Crippen molar-refractivity contribution in [2.45, 2.75) is 52.5 Å². The number of hydrogen-bond donors (Lipinski definition) is 0. The number of likely N-dealkylation sites (N-methyl/N-ethyl adjacent to an activating group) is 1. The maximum absolute atomic E-state index is 12.6. The van der Waals surface area contributed by atoms with Crippen LogP contribution in [-0.4, -0.2) is 30.3 Å². The highest BCUT2D eigenvalue weighted by atomic mass is 19.3. The molecular formula is C14H23F2NO. The first-order valence-electron chi connectivity index (χ1n) is 6.57. The maximum Gasteiger partial charge on any atom is 0.270 e. The molecule has 1 fully saturated rings. The Balaban J connectivity index is 2.76. The van der Waals surface area contributed by atoms with Gasteiger partial charge in [-0.3, -0.25) is 9.69 Å². The van der Waals surface area contributed by atoms with Crippen LogP contribution in [0.4, 0.5) is 8.78 Å². The van der Waals surface area contributed by atoms with Crippen molar-refractivity contribution in [3.8, 4) is 0 Å². The fraction of sp³-hybridized carbons (Fsp3) is 0.786. The minimum absolute atomic E-state index is 0.0923. The van der Waals surface area contributed by atoms with E-state index >= 15 is 0 Å². The molecule has 1 saturated heterocycles.